The lowest BCUT2D eigenvalue weighted by molar-refractivity contribution is 0.544. The molecule has 1 atom stereocenters. The predicted octanol–water partition coefficient (Wildman–Crippen LogP) is 3.12. The third-order valence-corrected chi connectivity index (χ3v) is 5.86. The maximum Gasteiger partial charge on any atom is 0.267 e. The molecule has 1 aromatic heterocycles. The van der Waals surface area contributed by atoms with Gasteiger partial charge in [0.15, 0.2) is 0 Å². The van der Waals surface area contributed by atoms with Crippen LogP contribution in [-0.4, -0.2) is 19.9 Å². The fourth-order valence-corrected chi connectivity index (χ4v) is 4.68. The molecule has 1 aromatic carbocycles. The highest BCUT2D eigenvalue weighted by Crippen LogP contribution is 2.35. The van der Waals surface area contributed by atoms with Crippen LogP contribution in [0.15, 0.2) is 47.6 Å². The van der Waals surface area contributed by atoms with Crippen LogP contribution >= 0.6 is 11.6 Å². The van der Waals surface area contributed by atoms with Gasteiger partial charge in [-0.25, -0.2) is 8.42 Å². The van der Waals surface area contributed by atoms with Gasteiger partial charge in [0, 0.05) is 18.9 Å². The first kappa shape index (κ1) is 14.4. The number of halogens is 1. The molecule has 3 rings (SSSR count). The van der Waals surface area contributed by atoms with Crippen LogP contribution in [0.5, 0.6) is 0 Å². The molecule has 0 bridgehead atoms. The summed E-state index contributed by atoms with van der Waals surface area (Å²) in [5, 5.41) is 0.195. The van der Waals surface area contributed by atoms with Crippen LogP contribution < -0.4 is 4.31 Å². The van der Waals surface area contributed by atoms with Gasteiger partial charge >= 0.3 is 0 Å². The van der Waals surface area contributed by atoms with Crippen molar-refractivity contribution in [2.24, 2.45) is 5.92 Å². The molecule has 1 unspecified atom stereocenters. The van der Waals surface area contributed by atoms with Gasteiger partial charge < -0.3 is 0 Å². The quantitative estimate of drug-likeness (QED) is 0.853. The molecule has 2 aromatic rings. The van der Waals surface area contributed by atoms with E-state index in [4.69, 9.17) is 11.6 Å². The van der Waals surface area contributed by atoms with E-state index in [0.717, 1.165) is 17.7 Å². The molecule has 1 aliphatic rings. The van der Waals surface area contributed by atoms with Gasteiger partial charge in [-0.05, 0) is 30.0 Å². The highest BCUT2D eigenvalue weighted by Gasteiger charge is 2.32. The topological polar surface area (TPSA) is 50.3 Å². The fraction of sp³-hybridized carbons (Fsp3) is 0.267. The summed E-state index contributed by atoms with van der Waals surface area (Å²) in [5.74, 6) is 0.255. The molecule has 0 saturated heterocycles. The number of sulfonamides is 1. The number of pyridine rings is 1. The minimum Gasteiger partial charge on any atom is -0.266 e. The molecule has 6 heteroatoms. The van der Waals surface area contributed by atoms with Crippen molar-refractivity contribution in [3.63, 3.8) is 0 Å². The van der Waals surface area contributed by atoms with E-state index in [0.29, 0.717) is 6.54 Å². The SMILES string of the molecule is CC1Cc2ccccc2N(S(=O)(=O)c2cnccc2Cl)C1. The number of anilines is 1. The zero-order chi connectivity index (χ0) is 15.0. The molecule has 2 heterocycles. The predicted molar refractivity (Wildman–Crippen MR) is 83.1 cm³/mol. The van der Waals surface area contributed by atoms with Crippen molar-refractivity contribution >= 4 is 27.3 Å². The number of fused-ring (bicyclic) bond motifs is 1. The smallest absolute Gasteiger partial charge is 0.266 e. The van der Waals surface area contributed by atoms with Crippen molar-refractivity contribution in [3.8, 4) is 0 Å². The van der Waals surface area contributed by atoms with E-state index < -0.39 is 10.0 Å². The lowest BCUT2D eigenvalue weighted by atomic mass is 9.96. The van der Waals surface area contributed by atoms with Crippen molar-refractivity contribution in [3.05, 3.63) is 53.3 Å². The Bertz CT molecular complexity index is 777. The van der Waals surface area contributed by atoms with Gasteiger partial charge in [-0.3, -0.25) is 9.29 Å². The number of rotatable bonds is 2. The maximum atomic E-state index is 12.9. The van der Waals surface area contributed by atoms with Gasteiger partial charge in [0.2, 0.25) is 0 Å². The molecule has 0 aliphatic carbocycles. The molecule has 0 fully saturated rings. The Morgan fingerprint density at radius 2 is 2.05 bits per heavy atom. The molecule has 0 amide bonds. The Balaban J connectivity index is 2.14. The molecule has 4 nitrogen and oxygen atoms in total. The summed E-state index contributed by atoms with van der Waals surface area (Å²) in [6, 6.07) is 9.08. The average Bonchev–Trinajstić information content (AvgIpc) is 2.46. The second kappa shape index (κ2) is 5.31. The Hall–Kier alpha value is -1.59. The van der Waals surface area contributed by atoms with Crippen LogP contribution in [-0.2, 0) is 16.4 Å². The number of benzene rings is 1. The van der Waals surface area contributed by atoms with Gasteiger partial charge in [0.1, 0.15) is 4.90 Å². The second-order valence-electron chi connectivity index (χ2n) is 5.28. The summed E-state index contributed by atoms with van der Waals surface area (Å²) in [6.07, 6.45) is 3.66. The van der Waals surface area contributed by atoms with Crippen LogP contribution in [0.2, 0.25) is 5.02 Å². The van der Waals surface area contributed by atoms with Crippen LogP contribution in [0.1, 0.15) is 12.5 Å². The lowest BCUT2D eigenvalue weighted by Gasteiger charge is -2.33. The zero-order valence-corrected chi connectivity index (χ0v) is 13.1. The van der Waals surface area contributed by atoms with Crippen molar-refractivity contribution in [2.45, 2.75) is 18.2 Å². The molecule has 21 heavy (non-hydrogen) atoms. The first-order valence-corrected chi connectivity index (χ1v) is 8.52. The Kier molecular flexibility index (Phi) is 3.63. The van der Waals surface area contributed by atoms with E-state index in [1.807, 2.05) is 31.2 Å². The van der Waals surface area contributed by atoms with Crippen LogP contribution in [0.3, 0.4) is 0 Å². The molecule has 0 saturated carbocycles. The maximum absolute atomic E-state index is 12.9. The highest BCUT2D eigenvalue weighted by atomic mass is 35.5. The van der Waals surface area contributed by atoms with E-state index in [1.54, 1.807) is 0 Å². The zero-order valence-electron chi connectivity index (χ0n) is 11.5. The lowest BCUT2D eigenvalue weighted by Crippen LogP contribution is -2.39. The normalized spacial score (nSPS) is 18.4. The number of nitrogens with zero attached hydrogens (tertiary/aromatic N) is 2. The van der Waals surface area contributed by atoms with Crippen molar-refractivity contribution in [1.82, 2.24) is 4.98 Å². The first-order chi connectivity index (χ1) is 10.00. The Morgan fingerprint density at radius 3 is 2.81 bits per heavy atom. The van der Waals surface area contributed by atoms with Gasteiger partial charge in [0.05, 0.1) is 10.7 Å². The molecule has 0 N–H and O–H groups in total. The Morgan fingerprint density at radius 1 is 1.29 bits per heavy atom. The third-order valence-electron chi connectivity index (χ3n) is 3.61. The molecular weight excluding hydrogens is 308 g/mol. The number of hydrogen-bond donors (Lipinski definition) is 0. The van der Waals surface area contributed by atoms with E-state index in [2.05, 4.69) is 4.98 Å². The van der Waals surface area contributed by atoms with Crippen molar-refractivity contribution in [2.75, 3.05) is 10.8 Å². The summed E-state index contributed by atoms with van der Waals surface area (Å²) in [6.45, 7) is 2.49. The summed E-state index contributed by atoms with van der Waals surface area (Å²) >= 11 is 6.05. The largest absolute Gasteiger partial charge is 0.267 e. The van der Waals surface area contributed by atoms with Gasteiger partial charge in [-0.2, -0.15) is 0 Å². The van der Waals surface area contributed by atoms with Crippen LogP contribution in [0.25, 0.3) is 0 Å². The molecule has 1 aliphatic heterocycles. The molecular formula is C15H15ClN2O2S. The summed E-state index contributed by atoms with van der Waals surface area (Å²) in [4.78, 5) is 3.94. The molecule has 0 radical (unpaired) electrons. The average molecular weight is 323 g/mol. The van der Waals surface area contributed by atoms with Gasteiger partial charge in [-0.15, -0.1) is 0 Å². The van der Waals surface area contributed by atoms with Gasteiger partial charge in [0.25, 0.3) is 10.0 Å². The fourth-order valence-electron chi connectivity index (χ4n) is 2.65. The standard InChI is InChI=1S/C15H15ClN2O2S/c1-11-8-12-4-2-3-5-14(12)18(10-11)21(19,20)15-9-17-7-6-13(15)16/h2-7,9,11H,8,10H2,1H3. The first-order valence-electron chi connectivity index (χ1n) is 6.70. The van der Waals surface area contributed by atoms with Crippen molar-refractivity contribution in [1.29, 1.82) is 0 Å². The van der Waals surface area contributed by atoms with E-state index in [9.17, 15) is 8.42 Å². The number of hydrogen-bond acceptors (Lipinski definition) is 3. The minimum absolute atomic E-state index is 0.0515. The molecule has 110 valence electrons. The van der Waals surface area contributed by atoms with E-state index in [1.165, 1.54) is 22.8 Å². The summed E-state index contributed by atoms with van der Waals surface area (Å²) in [5.41, 5.74) is 1.77. The molecule has 0 spiro atoms. The number of aromatic nitrogens is 1. The van der Waals surface area contributed by atoms with Crippen LogP contribution in [0.4, 0.5) is 5.69 Å². The van der Waals surface area contributed by atoms with Crippen LogP contribution in [0, 0.1) is 5.92 Å². The van der Waals surface area contributed by atoms with E-state index >= 15 is 0 Å². The van der Waals surface area contributed by atoms with E-state index in [-0.39, 0.29) is 15.8 Å². The highest BCUT2D eigenvalue weighted by molar-refractivity contribution is 7.93. The number of para-hydroxylation sites is 1. The van der Waals surface area contributed by atoms with Crippen molar-refractivity contribution < 1.29 is 8.42 Å². The second-order valence-corrected chi connectivity index (χ2v) is 7.52. The Labute approximate surface area is 129 Å². The monoisotopic (exact) mass is 322 g/mol. The summed E-state index contributed by atoms with van der Waals surface area (Å²) in [7, 11) is -3.70. The summed E-state index contributed by atoms with van der Waals surface area (Å²) < 4.78 is 27.3. The third kappa shape index (κ3) is 2.51. The minimum atomic E-state index is -3.70. The van der Waals surface area contributed by atoms with Gasteiger partial charge in [-0.1, -0.05) is 36.7 Å².